The van der Waals surface area contributed by atoms with Crippen molar-refractivity contribution in [3.05, 3.63) is 29.8 Å². The molecule has 0 bridgehead atoms. The van der Waals surface area contributed by atoms with Gasteiger partial charge in [-0.2, -0.15) is 0 Å². The summed E-state index contributed by atoms with van der Waals surface area (Å²) in [5, 5.41) is 0. The second-order valence-corrected chi connectivity index (χ2v) is 7.29. The zero-order valence-corrected chi connectivity index (χ0v) is 18.1. The summed E-state index contributed by atoms with van der Waals surface area (Å²) < 4.78 is 10.6. The first-order valence-electron chi connectivity index (χ1n) is 10.1. The summed E-state index contributed by atoms with van der Waals surface area (Å²) in [7, 11) is 3.16. The molecule has 3 rings (SSSR count). The summed E-state index contributed by atoms with van der Waals surface area (Å²) in [6.45, 7) is 6.56. The van der Waals surface area contributed by atoms with Crippen molar-refractivity contribution in [3.8, 4) is 11.5 Å². The smallest absolute Gasteiger partial charge is 0.329 e. The monoisotopic (exact) mass is 412 g/mol. The number of urea groups is 1. The minimum atomic E-state index is -1.08. The molecule has 0 radical (unpaired) electrons. The van der Waals surface area contributed by atoms with Crippen LogP contribution in [0.15, 0.2) is 34.3 Å². The number of ether oxygens (including phenoxy) is 2. The molecule has 8 nitrogen and oxygen atoms in total. The topological polar surface area (TPSA) is 83.8 Å². The van der Waals surface area contributed by atoms with Crippen molar-refractivity contribution >= 4 is 29.6 Å². The molecular weight excluding hydrogens is 384 g/mol. The van der Waals surface area contributed by atoms with Gasteiger partial charge < -0.3 is 9.47 Å². The second-order valence-electron chi connectivity index (χ2n) is 7.29. The van der Waals surface area contributed by atoms with E-state index in [0.717, 1.165) is 12.0 Å². The molecule has 3 amide bonds. The molecule has 0 aliphatic carbocycles. The van der Waals surface area contributed by atoms with Crippen LogP contribution in [-0.4, -0.2) is 66.3 Å². The lowest BCUT2D eigenvalue weighted by Gasteiger charge is -2.43. The summed E-state index contributed by atoms with van der Waals surface area (Å²) in [5.74, 6) is 1.30. The van der Waals surface area contributed by atoms with Crippen molar-refractivity contribution in [2.75, 3.05) is 27.3 Å². The highest BCUT2D eigenvalue weighted by Gasteiger charge is 2.53. The van der Waals surface area contributed by atoms with Crippen LogP contribution in [0.3, 0.4) is 0 Å². The molecular formula is C22H28N4O4. The van der Waals surface area contributed by atoms with Crippen LogP contribution in [0, 0.1) is 0 Å². The molecule has 0 aromatic heterocycles. The van der Waals surface area contributed by atoms with Gasteiger partial charge >= 0.3 is 6.03 Å². The Kier molecular flexibility index (Phi) is 6.24. The summed E-state index contributed by atoms with van der Waals surface area (Å²) >= 11 is 0. The largest absolute Gasteiger partial charge is 0.493 e. The van der Waals surface area contributed by atoms with E-state index in [2.05, 4.69) is 9.98 Å². The minimum absolute atomic E-state index is 0.288. The highest BCUT2D eigenvalue weighted by atomic mass is 16.5. The molecule has 2 aliphatic rings. The minimum Gasteiger partial charge on any atom is -0.493 e. The Balaban J connectivity index is 1.94. The van der Waals surface area contributed by atoms with Gasteiger partial charge in [0.25, 0.3) is 5.91 Å². The number of nitrogens with zero attached hydrogens (tertiary/aromatic N) is 4. The normalized spacial score (nSPS) is 21.1. The maximum atomic E-state index is 13.0. The van der Waals surface area contributed by atoms with E-state index in [0.29, 0.717) is 36.8 Å². The number of carbonyl (C=O) groups excluding carboxylic acids is 2. The number of aliphatic imine (C=N–C) groups is 2. The molecule has 160 valence electrons. The highest BCUT2D eigenvalue weighted by molar-refractivity contribution is 6.49. The van der Waals surface area contributed by atoms with Crippen molar-refractivity contribution in [2.45, 2.75) is 39.3 Å². The molecule has 2 aliphatic heterocycles. The number of methoxy groups -OCH3 is 2. The van der Waals surface area contributed by atoms with E-state index in [1.165, 1.54) is 4.90 Å². The van der Waals surface area contributed by atoms with Crippen LogP contribution >= 0.6 is 0 Å². The van der Waals surface area contributed by atoms with E-state index in [-0.39, 0.29) is 17.6 Å². The molecule has 1 unspecified atom stereocenters. The molecule has 1 fully saturated rings. The quantitative estimate of drug-likeness (QED) is 0.655. The van der Waals surface area contributed by atoms with Gasteiger partial charge in [0.15, 0.2) is 28.7 Å². The van der Waals surface area contributed by atoms with Crippen LogP contribution in [0.1, 0.15) is 39.2 Å². The van der Waals surface area contributed by atoms with Crippen LogP contribution in [0.2, 0.25) is 0 Å². The third kappa shape index (κ3) is 3.69. The lowest BCUT2D eigenvalue weighted by Crippen LogP contribution is -2.67. The van der Waals surface area contributed by atoms with Crippen molar-refractivity contribution in [1.82, 2.24) is 9.80 Å². The first-order valence-corrected chi connectivity index (χ1v) is 10.1. The summed E-state index contributed by atoms with van der Waals surface area (Å²) in [6.07, 6.45) is 5.03. The van der Waals surface area contributed by atoms with Crippen molar-refractivity contribution in [2.24, 2.45) is 9.98 Å². The molecule has 30 heavy (non-hydrogen) atoms. The Bertz CT molecular complexity index is 937. The van der Waals surface area contributed by atoms with Gasteiger partial charge in [0.2, 0.25) is 0 Å². The van der Waals surface area contributed by atoms with Gasteiger partial charge in [-0.3, -0.25) is 14.6 Å². The van der Waals surface area contributed by atoms with Gasteiger partial charge in [-0.15, -0.1) is 0 Å². The molecule has 1 aromatic carbocycles. The number of hydrogen-bond acceptors (Lipinski definition) is 6. The van der Waals surface area contributed by atoms with Crippen molar-refractivity contribution < 1.29 is 19.1 Å². The summed E-state index contributed by atoms with van der Waals surface area (Å²) in [5.41, 5.74) is 0.0815. The maximum absolute atomic E-state index is 13.0. The summed E-state index contributed by atoms with van der Waals surface area (Å²) in [6, 6.07) is 5.24. The van der Waals surface area contributed by atoms with E-state index in [1.807, 2.05) is 38.1 Å². The average Bonchev–Trinajstić information content (AvgIpc) is 3.10. The number of amides is 3. The Hall–Kier alpha value is -3.16. The van der Waals surface area contributed by atoms with Gasteiger partial charge in [0, 0.05) is 13.1 Å². The van der Waals surface area contributed by atoms with Crippen LogP contribution in [-0.2, 0) is 4.79 Å². The third-order valence-electron chi connectivity index (χ3n) is 5.17. The van der Waals surface area contributed by atoms with E-state index in [1.54, 1.807) is 32.1 Å². The maximum Gasteiger partial charge on any atom is 0.329 e. The third-order valence-corrected chi connectivity index (χ3v) is 5.17. The lowest BCUT2D eigenvalue weighted by atomic mass is 10.0. The van der Waals surface area contributed by atoms with Gasteiger partial charge in [0.1, 0.15) is 0 Å². The Morgan fingerprint density at radius 1 is 1.03 bits per heavy atom. The predicted octanol–water partition coefficient (Wildman–Crippen LogP) is 3.37. The molecule has 0 saturated carbocycles. The van der Waals surface area contributed by atoms with Gasteiger partial charge in [-0.1, -0.05) is 26.0 Å². The standard InChI is InChI=1S/C22H28N4O4/c1-6-12-25-20(27)19-22(3,26(13-7-2)21(25)28)24-18(23-19)11-9-15-8-10-16(29-4)17(14-15)30-5/h8-11,14H,6-7,12-13H2,1-5H3/b11-9+. The van der Waals surface area contributed by atoms with E-state index in [4.69, 9.17) is 9.47 Å². The number of amidine groups is 1. The molecule has 2 heterocycles. The predicted molar refractivity (Wildman–Crippen MR) is 116 cm³/mol. The van der Waals surface area contributed by atoms with Crippen LogP contribution in [0.4, 0.5) is 4.79 Å². The van der Waals surface area contributed by atoms with Crippen LogP contribution < -0.4 is 9.47 Å². The van der Waals surface area contributed by atoms with E-state index >= 15 is 0 Å². The number of fused-ring (bicyclic) bond motifs is 1. The second kappa shape index (κ2) is 8.69. The number of rotatable bonds is 8. The van der Waals surface area contributed by atoms with Gasteiger partial charge in [-0.25, -0.2) is 14.8 Å². The molecule has 1 saturated heterocycles. The first kappa shape index (κ1) is 21.5. The molecule has 0 spiro atoms. The van der Waals surface area contributed by atoms with E-state index < -0.39 is 5.66 Å². The SMILES string of the molecule is CCCN1C(=O)C2=NC(/C=C/c3ccc(OC)c(OC)c3)=NC2(C)N(CCC)C1=O. The number of benzene rings is 1. The van der Waals surface area contributed by atoms with Crippen LogP contribution in [0.25, 0.3) is 6.08 Å². The number of carbonyl (C=O) groups is 2. The van der Waals surface area contributed by atoms with Crippen molar-refractivity contribution in [3.63, 3.8) is 0 Å². The number of hydrogen-bond donors (Lipinski definition) is 0. The Morgan fingerprint density at radius 3 is 2.37 bits per heavy atom. The van der Waals surface area contributed by atoms with Crippen molar-refractivity contribution in [1.29, 1.82) is 0 Å². The summed E-state index contributed by atoms with van der Waals surface area (Å²) in [4.78, 5) is 38.0. The highest BCUT2D eigenvalue weighted by Crippen LogP contribution is 2.32. The molecule has 1 atom stereocenters. The van der Waals surface area contributed by atoms with Gasteiger partial charge in [-0.05, 0) is 43.5 Å². The number of imide groups is 1. The van der Waals surface area contributed by atoms with Gasteiger partial charge in [0.05, 0.1) is 14.2 Å². The zero-order chi connectivity index (χ0) is 21.9. The fraction of sp³-hybridized carbons (Fsp3) is 0.455. The average molecular weight is 412 g/mol. The Labute approximate surface area is 176 Å². The van der Waals surface area contributed by atoms with E-state index in [9.17, 15) is 9.59 Å². The molecule has 8 heteroatoms. The van der Waals surface area contributed by atoms with Crippen LogP contribution in [0.5, 0.6) is 11.5 Å². The Morgan fingerprint density at radius 2 is 1.73 bits per heavy atom. The fourth-order valence-electron chi connectivity index (χ4n) is 3.67. The fourth-order valence-corrected chi connectivity index (χ4v) is 3.67. The molecule has 0 N–H and O–H groups in total. The lowest BCUT2D eigenvalue weighted by molar-refractivity contribution is -0.124. The molecule has 1 aromatic rings. The first-order chi connectivity index (χ1) is 14.4. The zero-order valence-electron chi connectivity index (χ0n) is 18.1.